The SMILES string of the molecule is O=C1C[C@@H](OCc2ccccc2)[C@@H]2[C@@H](O1)[C@H](O)Cn1c(=O)n(-c3ccccc3)c(=O)n12. The minimum atomic E-state index is -1.14. The van der Waals surface area contributed by atoms with Crippen molar-refractivity contribution in [2.75, 3.05) is 0 Å². The maximum absolute atomic E-state index is 13.3. The van der Waals surface area contributed by atoms with E-state index in [1.165, 1.54) is 9.36 Å². The van der Waals surface area contributed by atoms with Crippen molar-refractivity contribution in [1.82, 2.24) is 13.9 Å². The molecule has 0 unspecified atom stereocenters. The number of aliphatic hydroxyl groups excluding tert-OH is 1. The topological polar surface area (TPSA) is 105 Å². The molecule has 3 aromatic rings. The van der Waals surface area contributed by atoms with E-state index in [4.69, 9.17) is 9.47 Å². The Morgan fingerprint density at radius 1 is 0.968 bits per heavy atom. The third-order valence-corrected chi connectivity index (χ3v) is 5.76. The van der Waals surface area contributed by atoms with Crippen LogP contribution in [0.3, 0.4) is 0 Å². The quantitative estimate of drug-likeness (QED) is 0.617. The summed E-state index contributed by atoms with van der Waals surface area (Å²) in [5.74, 6) is -0.510. The summed E-state index contributed by atoms with van der Waals surface area (Å²) in [5, 5.41) is 10.6. The number of carbonyl (C=O) groups is 1. The number of rotatable bonds is 4. The Balaban J connectivity index is 1.58. The molecule has 2 aliphatic rings. The normalized spacial score (nSPS) is 24.9. The number of aliphatic hydroxyl groups is 1. The summed E-state index contributed by atoms with van der Waals surface area (Å²) in [5.41, 5.74) is 0.199. The van der Waals surface area contributed by atoms with Crippen LogP contribution in [-0.2, 0) is 27.4 Å². The van der Waals surface area contributed by atoms with Gasteiger partial charge >= 0.3 is 17.3 Å². The summed E-state index contributed by atoms with van der Waals surface area (Å²) in [6.45, 7) is 0.0598. The highest BCUT2D eigenvalue weighted by Crippen LogP contribution is 2.33. The maximum Gasteiger partial charge on any atom is 0.352 e. The third kappa shape index (κ3) is 3.31. The highest BCUT2D eigenvalue weighted by atomic mass is 16.6. The first kappa shape index (κ1) is 19.5. The number of ether oxygens (including phenoxy) is 2. The van der Waals surface area contributed by atoms with E-state index in [0.29, 0.717) is 5.69 Å². The van der Waals surface area contributed by atoms with E-state index in [1.807, 2.05) is 30.3 Å². The Kier molecular flexibility index (Phi) is 4.84. The molecule has 9 nitrogen and oxygen atoms in total. The predicted molar refractivity (Wildman–Crippen MR) is 109 cm³/mol. The summed E-state index contributed by atoms with van der Waals surface area (Å²) in [6.07, 6.45) is -2.94. The molecule has 5 rings (SSSR count). The van der Waals surface area contributed by atoms with Crippen LogP contribution in [0.25, 0.3) is 5.69 Å². The fourth-order valence-corrected chi connectivity index (χ4v) is 4.33. The van der Waals surface area contributed by atoms with Crippen molar-refractivity contribution in [3.05, 3.63) is 87.2 Å². The molecule has 0 spiro atoms. The van der Waals surface area contributed by atoms with E-state index in [1.54, 1.807) is 30.3 Å². The molecule has 0 aliphatic carbocycles. The van der Waals surface area contributed by atoms with E-state index in [9.17, 15) is 19.5 Å². The van der Waals surface area contributed by atoms with Crippen molar-refractivity contribution in [2.45, 2.75) is 43.9 Å². The van der Waals surface area contributed by atoms with Crippen molar-refractivity contribution in [3.8, 4) is 5.69 Å². The first-order chi connectivity index (χ1) is 15.0. The Labute approximate surface area is 176 Å². The Bertz CT molecular complexity index is 1210. The third-order valence-electron chi connectivity index (χ3n) is 5.76. The minimum absolute atomic E-state index is 0.0854. The van der Waals surface area contributed by atoms with Gasteiger partial charge in [0.1, 0.15) is 12.1 Å². The molecule has 1 N–H and O–H groups in total. The van der Waals surface area contributed by atoms with Gasteiger partial charge in [-0.15, -0.1) is 0 Å². The van der Waals surface area contributed by atoms with Crippen molar-refractivity contribution >= 4 is 5.97 Å². The summed E-state index contributed by atoms with van der Waals surface area (Å²) in [6, 6.07) is 17.2. The largest absolute Gasteiger partial charge is 0.457 e. The molecule has 1 fully saturated rings. The van der Waals surface area contributed by atoms with Gasteiger partial charge in [0.05, 0.1) is 31.4 Å². The lowest BCUT2D eigenvalue weighted by Crippen LogP contribution is -2.58. The minimum Gasteiger partial charge on any atom is -0.457 e. The van der Waals surface area contributed by atoms with Crippen LogP contribution in [0.4, 0.5) is 0 Å². The highest BCUT2D eigenvalue weighted by molar-refractivity contribution is 5.71. The molecule has 0 radical (unpaired) electrons. The summed E-state index contributed by atoms with van der Waals surface area (Å²) in [7, 11) is 0. The zero-order chi connectivity index (χ0) is 21.5. The van der Waals surface area contributed by atoms with E-state index < -0.39 is 41.7 Å². The fourth-order valence-electron chi connectivity index (χ4n) is 4.33. The lowest BCUT2D eigenvalue weighted by atomic mass is 9.93. The molecule has 0 bridgehead atoms. The molecule has 0 saturated carbocycles. The molecule has 4 atom stereocenters. The second kappa shape index (κ2) is 7.68. The first-order valence-corrected chi connectivity index (χ1v) is 10.1. The van der Waals surface area contributed by atoms with E-state index in [-0.39, 0.29) is 19.6 Å². The Morgan fingerprint density at radius 3 is 2.35 bits per heavy atom. The molecular formula is C22H21N3O6. The van der Waals surface area contributed by atoms with Crippen LogP contribution in [0.2, 0.25) is 0 Å². The molecule has 9 heteroatoms. The van der Waals surface area contributed by atoms with Crippen molar-refractivity contribution in [1.29, 1.82) is 0 Å². The number of fused-ring (bicyclic) bond motifs is 3. The zero-order valence-corrected chi connectivity index (χ0v) is 16.5. The van der Waals surface area contributed by atoms with Crippen LogP contribution in [0.5, 0.6) is 0 Å². The van der Waals surface area contributed by atoms with Gasteiger partial charge in [0, 0.05) is 0 Å². The lowest BCUT2D eigenvalue weighted by Gasteiger charge is -2.42. The van der Waals surface area contributed by atoms with Crippen LogP contribution in [-0.4, -0.2) is 43.3 Å². The molecule has 2 aliphatic heterocycles. The summed E-state index contributed by atoms with van der Waals surface area (Å²) < 4.78 is 15.0. The van der Waals surface area contributed by atoms with E-state index in [2.05, 4.69) is 0 Å². The van der Waals surface area contributed by atoms with Gasteiger partial charge < -0.3 is 14.6 Å². The van der Waals surface area contributed by atoms with E-state index in [0.717, 1.165) is 10.1 Å². The number of aromatic nitrogens is 3. The summed E-state index contributed by atoms with van der Waals surface area (Å²) in [4.78, 5) is 38.6. The first-order valence-electron chi connectivity index (χ1n) is 10.1. The molecule has 1 aromatic heterocycles. The number of hydrogen-bond acceptors (Lipinski definition) is 6. The van der Waals surface area contributed by atoms with Gasteiger partial charge in [0.15, 0.2) is 6.10 Å². The molecule has 0 amide bonds. The molecule has 1 saturated heterocycles. The average molecular weight is 423 g/mol. The van der Waals surface area contributed by atoms with Crippen molar-refractivity contribution in [2.24, 2.45) is 0 Å². The maximum atomic E-state index is 13.3. The standard InChI is InChI=1S/C22H21N3O6/c26-16-12-23-21(28)24(15-9-5-2-6-10-15)22(29)25(23)19-17(11-18(27)31-20(16)19)30-13-14-7-3-1-4-8-14/h1-10,16-17,19-20,26H,11-13H2/t16-,17-,19-,20+/m1/s1. The fraction of sp³-hybridized carbons (Fsp3) is 0.318. The zero-order valence-electron chi connectivity index (χ0n) is 16.5. The van der Waals surface area contributed by atoms with Crippen LogP contribution in [0.15, 0.2) is 70.3 Å². The van der Waals surface area contributed by atoms with Crippen molar-refractivity contribution < 1.29 is 19.4 Å². The van der Waals surface area contributed by atoms with Gasteiger partial charge in [-0.1, -0.05) is 48.5 Å². The average Bonchev–Trinajstić information content (AvgIpc) is 3.03. The molecule has 31 heavy (non-hydrogen) atoms. The number of nitrogens with zero attached hydrogens (tertiary/aromatic N) is 3. The number of benzene rings is 2. The Hall–Kier alpha value is -3.43. The van der Waals surface area contributed by atoms with Gasteiger partial charge in [-0.2, -0.15) is 0 Å². The number of carbonyl (C=O) groups excluding carboxylic acids is 1. The van der Waals surface area contributed by atoms with Crippen LogP contribution >= 0.6 is 0 Å². The number of esters is 1. The molecule has 2 aromatic carbocycles. The van der Waals surface area contributed by atoms with Crippen LogP contribution in [0, 0.1) is 0 Å². The Morgan fingerprint density at radius 2 is 1.65 bits per heavy atom. The highest BCUT2D eigenvalue weighted by Gasteiger charge is 2.49. The second-order valence-corrected chi connectivity index (χ2v) is 7.71. The van der Waals surface area contributed by atoms with Gasteiger partial charge in [-0.05, 0) is 17.7 Å². The molecular weight excluding hydrogens is 402 g/mol. The smallest absolute Gasteiger partial charge is 0.352 e. The number of hydrogen-bond donors (Lipinski definition) is 1. The van der Waals surface area contributed by atoms with Crippen LogP contribution in [0.1, 0.15) is 18.0 Å². The van der Waals surface area contributed by atoms with Gasteiger partial charge in [-0.25, -0.2) is 23.5 Å². The second-order valence-electron chi connectivity index (χ2n) is 7.71. The predicted octanol–water partition coefficient (Wildman–Crippen LogP) is 0.617. The lowest BCUT2D eigenvalue weighted by molar-refractivity contribution is -0.193. The molecule has 3 heterocycles. The van der Waals surface area contributed by atoms with Gasteiger partial charge in [0.2, 0.25) is 0 Å². The van der Waals surface area contributed by atoms with Crippen molar-refractivity contribution in [3.63, 3.8) is 0 Å². The van der Waals surface area contributed by atoms with E-state index >= 15 is 0 Å². The van der Waals surface area contributed by atoms with Crippen LogP contribution < -0.4 is 11.4 Å². The molecule has 160 valence electrons. The number of para-hydroxylation sites is 1. The van der Waals surface area contributed by atoms with Gasteiger partial charge in [0.25, 0.3) is 0 Å². The monoisotopic (exact) mass is 423 g/mol. The summed E-state index contributed by atoms with van der Waals surface area (Å²) >= 11 is 0. The van der Waals surface area contributed by atoms with Gasteiger partial charge in [-0.3, -0.25) is 4.79 Å².